The molecule has 4 N–H and O–H groups in total. The zero-order chi connectivity index (χ0) is 13.4. The van der Waals surface area contributed by atoms with Crippen LogP contribution in [0.15, 0.2) is 17.2 Å². The minimum Gasteiger partial charge on any atom is -0.477 e. The van der Waals surface area contributed by atoms with Crippen LogP contribution >= 0.6 is 0 Å². The molecule has 1 aliphatic carbocycles. The molecule has 7 nitrogen and oxygen atoms in total. The summed E-state index contributed by atoms with van der Waals surface area (Å²) in [7, 11) is -3.73. The molecule has 1 aromatic heterocycles. The molecule has 0 saturated heterocycles. The SMILES string of the molecule is O=C(O)c1cc(S(=O)(=O)NCC2(CO)CC2)c[nH]1. The van der Waals surface area contributed by atoms with Crippen LogP contribution in [0.5, 0.6) is 0 Å². The molecule has 0 spiro atoms. The molecule has 1 aliphatic rings. The second-order valence-electron chi connectivity index (χ2n) is 4.54. The van der Waals surface area contributed by atoms with Crippen molar-refractivity contribution >= 4 is 16.0 Å². The highest BCUT2D eigenvalue weighted by atomic mass is 32.2. The van der Waals surface area contributed by atoms with Gasteiger partial charge in [0, 0.05) is 24.8 Å². The first-order valence-electron chi connectivity index (χ1n) is 5.41. The number of carboxylic acid groups (broad SMARTS) is 1. The number of aromatic amines is 1. The lowest BCUT2D eigenvalue weighted by atomic mass is 10.1. The summed E-state index contributed by atoms with van der Waals surface area (Å²) in [6, 6.07) is 1.06. The van der Waals surface area contributed by atoms with Crippen LogP contribution in [-0.2, 0) is 10.0 Å². The second kappa shape index (κ2) is 4.38. The van der Waals surface area contributed by atoms with E-state index in [0.717, 1.165) is 25.1 Å². The largest absolute Gasteiger partial charge is 0.477 e. The molecule has 0 aliphatic heterocycles. The molecule has 0 radical (unpaired) electrons. The number of aliphatic hydroxyl groups is 1. The predicted octanol–water partition coefficient (Wildman–Crippen LogP) is -0.236. The van der Waals surface area contributed by atoms with Gasteiger partial charge in [-0.2, -0.15) is 0 Å². The first kappa shape index (κ1) is 13.1. The third-order valence-corrected chi connectivity index (χ3v) is 4.51. The Labute approximate surface area is 104 Å². The standard InChI is InChI=1S/C10H14N2O5S/c13-6-10(1-2-10)5-12-18(16,17)7-3-8(9(14)15)11-4-7/h3-4,11-13H,1-2,5-6H2,(H,14,15). The zero-order valence-corrected chi connectivity index (χ0v) is 10.3. The molecular formula is C10H14N2O5S. The van der Waals surface area contributed by atoms with Crippen LogP contribution in [-0.4, -0.2) is 42.7 Å². The van der Waals surface area contributed by atoms with E-state index in [-0.39, 0.29) is 29.2 Å². The highest BCUT2D eigenvalue weighted by Crippen LogP contribution is 2.44. The van der Waals surface area contributed by atoms with E-state index in [1.54, 1.807) is 0 Å². The molecule has 1 aromatic rings. The molecule has 1 fully saturated rings. The normalized spacial score (nSPS) is 17.6. The van der Waals surface area contributed by atoms with Crippen molar-refractivity contribution in [1.29, 1.82) is 0 Å². The van der Waals surface area contributed by atoms with Crippen molar-refractivity contribution in [1.82, 2.24) is 9.71 Å². The number of H-pyrrole nitrogens is 1. The monoisotopic (exact) mass is 274 g/mol. The number of aromatic carboxylic acids is 1. The Kier molecular flexibility index (Phi) is 3.18. The molecular weight excluding hydrogens is 260 g/mol. The fraction of sp³-hybridized carbons (Fsp3) is 0.500. The highest BCUT2D eigenvalue weighted by molar-refractivity contribution is 7.89. The number of nitrogens with one attached hydrogen (secondary N) is 2. The minimum atomic E-state index is -3.73. The van der Waals surface area contributed by atoms with Gasteiger partial charge in [0.1, 0.15) is 10.6 Å². The topological polar surface area (TPSA) is 119 Å². The van der Waals surface area contributed by atoms with E-state index in [1.807, 2.05) is 0 Å². The average Bonchev–Trinajstić information content (AvgIpc) is 2.91. The van der Waals surface area contributed by atoms with E-state index in [4.69, 9.17) is 10.2 Å². The first-order chi connectivity index (χ1) is 8.38. The first-order valence-corrected chi connectivity index (χ1v) is 6.89. The van der Waals surface area contributed by atoms with Gasteiger partial charge in [-0.15, -0.1) is 0 Å². The van der Waals surface area contributed by atoms with E-state index in [1.165, 1.54) is 0 Å². The smallest absolute Gasteiger partial charge is 0.352 e. The number of hydrogen-bond acceptors (Lipinski definition) is 4. The lowest BCUT2D eigenvalue weighted by molar-refractivity contribution is 0.0691. The summed E-state index contributed by atoms with van der Waals surface area (Å²) in [4.78, 5) is 12.9. The van der Waals surface area contributed by atoms with Crippen molar-refractivity contribution in [2.45, 2.75) is 17.7 Å². The van der Waals surface area contributed by atoms with Crippen molar-refractivity contribution < 1.29 is 23.4 Å². The summed E-state index contributed by atoms with van der Waals surface area (Å²) in [6.45, 7) is 0.114. The van der Waals surface area contributed by atoms with Crippen LogP contribution in [0.25, 0.3) is 0 Å². The predicted molar refractivity (Wildman–Crippen MR) is 61.7 cm³/mol. The van der Waals surface area contributed by atoms with Gasteiger partial charge in [0.25, 0.3) is 0 Å². The Morgan fingerprint density at radius 3 is 2.61 bits per heavy atom. The Morgan fingerprint density at radius 2 is 2.17 bits per heavy atom. The quantitative estimate of drug-likeness (QED) is 0.571. The Balaban J connectivity index is 2.08. The fourth-order valence-electron chi connectivity index (χ4n) is 1.55. The Hall–Kier alpha value is -1.38. The molecule has 2 rings (SSSR count). The van der Waals surface area contributed by atoms with E-state index in [2.05, 4.69) is 9.71 Å². The van der Waals surface area contributed by atoms with Gasteiger partial charge in [0.15, 0.2) is 0 Å². The second-order valence-corrected chi connectivity index (χ2v) is 6.30. The van der Waals surface area contributed by atoms with Crippen LogP contribution in [0.4, 0.5) is 0 Å². The molecule has 0 bridgehead atoms. The average molecular weight is 274 g/mol. The highest BCUT2D eigenvalue weighted by Gasteiger charge is 2.42. The van der Waals surface area contributed by atoms with Crippen molar-refractivity contribution in [3.8, 4) is 0 Å². The summed E-state index contributed by atoms with van der Waals surface area (Å²) < 4.78 is 26.1. The van der Waals surface area contributed by atoms with E-state index >= 15 is 0 Å². The lowest BCUT2D eigenvalue weighted by Gasteiger charge is -2.12. The number of sulfonamides is 1. The van der Waals surface area contributed by atoms with Crippen LogP contribution in [0.2, 0.25) is 0 Å². The van der Waals surface area contributed by atoms with Crippen LogP contribution in [0, 0.1) is 5.41 Å². The minimum absolute atomic E-state index is 0.0525. The number of rotatable bonds is 6. The summed E-state index contributed by atoms with van der Waals surface area (Å²) in [5.41, 5.74) is -0.516. The third-order valence-electron chi connectivity index (χ3n) is 3.13. The number of hydrogen-bond donors (Lipinski definition) is 4. The summed E-state index contributed by atoms with van der Waals surface area (Å²) in [5, 5.41) is 17.8. The van der Waals surface area contributed by atoms with Crippen LogP contribution in [0.3, 0.4) is 0 Å². The third kappa shape index (κ3) is 2.55. The molecule has 0 unspecified atom stereocenters. The van der Waals surface area contributed by atoms with Crippen LogP contribution in [0.1, 0.15) is 23.3 Å². The molecule has 0 amide bonds. The van der Waals surface area contributed by atoms with Crippen LogP contribution < -0.4 is 4.72 Å². The molecule has 18 heavy (non-hydrogen) atoms. The van der Waals surface area contributed by atoms with Crippen molar-refractivity contribution in [3.63, 3.8) is 0 Å². The molecule has 8 heteroatoms. The van der Waals surface area contributed by atoms with Gasteiger partial charge in [-0.3, -0.25) is 0 Å². The lowest BCUT2D eigenvalue weighted by Crippen LogP contribution is -2.31. The molecule has 0 aromatic carbocycles. The zero-order valence-electron chi connectivity index (χ0n) is 9.51. The van der Waals surface area contributed by atoms with E-state index in [0.29, 0.717) is 0 Å². The van der Waals surface area contributed by atoms with Gasteiger partial charge in [0.05, 0.1) is 0 Å². The number of aromatic nitrogens is 1. The van der Waals surface area contributed by atoms with Gasteiger partial charge in [0.2, 0.25) is 10.0 Å². The number of carboxylic acids is 1. The van der Waals surface area contributed by atoms with Gasteiger partial charge in [-0.05, 0) is 18.9 Å². The molecule has 100 valence electrons. The van der Waals surface area contributed by atoms with Crippen molar-refractivity contribution in [2.75, 3.05) is 13.2 Å². The summed E-state index contributed by atoms with van der Waals surface area (Å²) in [5.74, 6) is -1.22. The fourth-order valence-corrected chi connectivity index (χ4v) is 2.70. The Bertz CT molecular complexity index is 559. The maximum atomic E-state index is 11.9. The molecule has 1 saturated carbocycles. The van der Waals surface area contributed by atoms with Gasteiger partial charge in [-0.25, -0.2) is 17.9 Å². The van der Waals surface area contributed by atoms with E-state index < -0.39 is 16.0 Å². The van der Waals surface area contributed by atoms with Gasteiger partial charge >= 0.3 is 5.97 Å². The van der Waals surface area contributed by atoms with Crippen molar-refractivity contribution in [3.05, 3.63) is 18.0 Å². The van der Waals surface area contributed by atoms with Gasteiger partial charge < -0.3 is 15.2 Å². The molecule has 0 atom stereocenters. The van der Waals surface area contributed by atoms with Gasteiger partial charge in [-0.1, -0.05) is 0 Å². The maximum absolute atomic E-state index is 11.9. The number of carbonyl (C=O) groups is 1. The summed E-state index contributed by atoms with van der Waals surface area (Å²) in [6.07, 6.45) is 2.71. The summed E-state index contributed by atoms with van der Waals surface area (Å²) >= 11 is 0. The van der Waals surface area contributed by atoms with Crippen molar-refractivity contribution in [2.24, 2.45) is 5.41 Å². The van der Waals surface area contributed by atoms with E-state index in [9.17, 15) is 13.2 Å². The maximum Gasteiger partial charge on any atom is 0.352 e. The molecule has 1 heterocycles. The number of aliphatic hydroxyl groups excluding tert-OH is 1. The Morgan fingerprint density at radius 1 is 1.50 bits per heavy atom.